The molecule has 168 valence electrons. The summed E-state index contributed by atoms with van der Waals surface area (Å²) in [6, 6.07) is 5.89. The maximum Gasteiger partial charge on any atom is 0.345 e. The normalized spacial score (nSPS) is 15.2. The van der Waals surface area contributed by atoms with Crippen LogP contribution in [0.15, 0.2) is 29.1 Å². The van der Waals surface area contributed by atoms with Crippen LogP contribution in [0.3, 0.4) is 0 Å². The summed E-state index contributed by atoms with van der Waals surface area (Å²) in [5.41, 5.74) is 0.224. The fraction of sp³-hybridized carbons (Fsp3) is 0.550. The van der Waals surface area contributed by atoms with Crippen molar-refractivity contribution < 1.29 is 14.5 Å². The number of nitro benzene ring substituents is 1. The molecule has 2 aromatic rings. The van der Waals surface area contributed by atoms with Crippen molar-refractivity contribution in [2.75, 3.05) is 38.7 Å². The molecule has 1 aliphatic rings. The van der Waals surface area contributed by atoms with Crippen LogP contribution in [0.5, 0.6) is 0 Å². The number of likely N-dealkylation sites (tertiary alicyclic amines) is 1. The Morgan fingerprint density at radius 2 is 2.10 bits per heavy atom. The van der Waals surface area contributed by atoms with Gasteiger partial charge in [-0.1, -0.05) is 6.07 Å². The molecule has 1 N–H and O–H groups in total. The van der Waals surface area contributed by atoms with Crippen molar-refractivity contribution in [3.63, 3.8) is 0 Å². The number of carbonyl (C=O) groups is 1. The Labute approximate surface area is 179 Å². The number of methoxy groups -OCH3 is 1. The molecule has 3 rings (SSSR count). The zero-order valence-corrected chi connectivity index (χ0v) is 17.8. The maximum absolute atomic E-state index is 12.5. The summed E-state index contributed by atoms with van der Waals surface area (Å²) in [6.45, 7) is 4.96. The predicted molar refractivity (Wildman–Crippen MR) is 114 cm³/mol. The van der Waals surface area contributed by atoms with Crippen LogP contribution >= 0.6 is 0 Å². The van der Waals surface area contributed by atoms with Gasteiger partial charge in [0.1, 0.15) is 5.82 Å². The van der Waals surface area contributed by atoms with Gasteiger partial charge in [0, 0.05) is 37.4 Å². The van der Waals surface area contributed by atoms with Gasteiger partial charge in [-0.3, -0.25) is 24.4 Å². The predicted octanol–water partition coefficient (Wildman–Crippen LogP) is 1.44. The lowest BCUT2D eigenvalue weighted by atomic mass is 9.96. The average Bonchev–Trinajstić information content (AvgIpc) is 3.08. The van der Waals surface area contributed by atoms with E-state index >= 15 is 0 Å². The van der Waals surface area contributed by atoms with Crippen molar-refractivity contribution >= 4 is 17.3 Å². The summed E-state index contributed by atoms with van der Waals surface area (Å²) < 4.78 is 8.23. The van der Waals surface area contributed by atoms with E-state index in [0.29, 0.717) is 38.5 Å². The van der Waals surface area contributed by atoms with Crippen LogP contribution in [0.2, 0.25) is 0 Å². The van der Waals surface area contributed by atoms with Gasteiger partial charge in [-0.2, -0.15) is 5.10 Å². The molecule has 11 heteroatoms. The Morgan fingerprint density at radius 3 is 2.74 bits per heavy atom. The van der Waals surface area contributed by atoms with E-state index in [0.717, 1.165) is 18.7 Å². The van der Waals surface area contributed by atoms with E-state index in [4.69, 9.17) is 4.74 Å². The first-order chi connectivity index (χ1) is 14.9. The Bertz CT molecular complexity index is 977. The second-order valence-corrected chi connectivity index (χ2v) is 7.51. The number of carbonyl (C=O) groups excluding carboxylic acids is 1. The molecule has 1 saturated heterocycles. The van der Waals surface area contributed by atoms with E-state index in [1.807, 2.05) is 11.8 Å². The number of hydrogen-bond acceptors (Lipinski definition) is 7. The fourth-order valence-electron chi connectivity index (χ4n) is 3.83. The minimum atomic E-state index is -0.493. The van der Waals surface area contributed by atoms with Crippen LogP contribution in [0.25, 0.3) is 0 Å². The van der Waals surface area contributed by atoms with Crippen molar-refractivity contribution in [2.45, 2.75) is 38.8 Å². The van der Waals surface area contributed by atoms with Crippen molar-refractivity contribution in [1.29, 1.82) is 0 Å². The third kappa shape index (κ3) is 5.56. The lowest BCUT2D eigenvalue weighted by molar-refractivity contribution is -0.384. The molecule has 0 spiro atoms. The summed E-state index contributed by atoms with van der Waals surface area (Å²) in [7, 11) is 1.59. The standard InChI is InChI=1S/C20H28N6O5/c1-3-24-19(22-25(20(24)28)11-12-31-2)15-7-9-23(10-8-15)14-18(27)21-16-5-4-6-17(13-16)26(29)30/h4-6,13,15H,3,7-12,14H2,1-2H3,(H,21,27). The Balaban J connectivity index is 1.56. The molecule has 1 aromatic carbocycles. The SMILES string of the molecule is CCn1c(C2CCN(CC(=O)Nc3cccc([N+](=O)[O-])c3)CC2)nn(CCOC)c1=O. The fourth-order valence-corrected chi connectivity index (χ4v) is 3.83. The monoisotopic (exact) mass is 432 g/mol. The van der Waals surface area contributed by atoms with Gasteiger partial charge in [0.2, 0.25) is 5.91 Å². The van der Waals surface area contributed by atoms with Gasteiger partial charge < -0.3 is 10.1 Å². The molecule has 1 fully saturated rings. The van der Waals surface area contributed by atoms with Gasteiger partial charge >= 0.3 is 5.69 Å². The Hall–Kier alpha value is -3.05. The number of aromatic nitrogens is 3. The summed E-state index contributed by atoms with van der Waals surface area (Å²) in [6.07, 6.45) is 1.59. The zero-order chi connectivity index (χ0) is 22.4. The number of ether oxygens (including phenoxy) is 1. The summed E-state index contributed by atoms with van der Waals surface area (Å²) >= 11 is 0. The van der Waals surface area contributed by atoms with Crippen molar-refractivity contribution in [1.82, 2.24) is 19.2 Å². The summed E-state index contributed by atoms with van der Waals surface area (Å²) in [5, 5.41) is 18.1. The van der Waals surface area contributed by atoms with E-state index in [-0.39, 0.29) is 29.7 Å². The number of piperidine rings is 1. The zero-order valence-electron chi connectivity index (χ0n) is 17.8. The van der Waals surface area contributed by atoms with E-state index in [1.54, 1.807) is 17.7 Å². The number of nitrogens with zero attached hydrogens (tertiary/aromatic N) is 5. The van der Waals surface area contributed by atoms with E-state index in [1.165, 1.54) is 22.9 Å². The second kappa shape index (κ2) is 10.3. The van der Waals surface area contributed by atoms with Crippen LogP contribution in [0, 0.1) is 10.1 Å². The summed E-state index contributed by atoms with van der Waals surface area (Å²) in [4.78, 5) is 37.3. The van der Waals surface area contributed by atoms with E-state index in [2.05, 4.69) is 10.4 Å². The molecule has 2 heterocycles. The molecule has 1 amide bonds. The molecule has 31 heavy (non-hydrogen) atoms. The quantitative estimate of drug-likeness (QED) is 0.469. The van der Waals surface area contributed by atoms with Crippen molar-refractivity contribution in [2.24, 2.45) is 0 Å². The number of benzene rings is 1. The molecule has 1 aromatic heterocycles. The van der Waals surface area contributed by atoms with E-state index in [9.17, 15) is 19.7 Å². The molecule has 0 saturated carbocycles. The lowest BCUT2D eigenvalue weighted by Gasteiger charge is -2.30. The number of anilines is 1. The van der Waals surface area contributed by atoms with Gasteiger partial charge in [0.25, 0.3) is 5.69 Å². The average molecular weight is 432 g/mol. The van der Waals surface area contributed by atoms with Gasteiger partial charge in [-0.15, -0.1) is 0 Å². The number of amides is 1. The first-order valence-corrected chi connectivity index (χ1v) is 10.4. The lowest BCUT2D eigenvalue weighted by Crippen LogP contribution is -2.39. The molecular formula is C20H28N6O5. The molecular weight excluding hydrogens is 404 g/mol. The van der Waals surface area contributed by atoms with Crippen LogP contribution in [0.4, 0.5) is 11.4 Å². The highest BCUT2D eigenvalue weighted by atomic mass is 16.6. The van der Waals surface area contributed by atoms with Gasteiger partial charge in [-0.05, 0) is 38.9 Å². The maximum atomic E-state index is 12.5. The number of non-ortho nitro benzene ring substituents is 1. The van der Waals surface area contributed by atoms with Crippen LogP contribution in [0.1, 0.15) is 31.5 Å². The molecule has 0 bridgehead atoms. The highest BCUT2D eigenvalue weighted by Crippen LogP contribution is 2.26. The van der Waals surface area contributed by atoms with Crippen molar-refractivity contribution in [3.05, 3.63) is 50.7 Å². The minimum Gasteiger partial charge on any atom is -0.383 e. The molecule has 1 aliphatic heterocycles. The highest BCUT2D eigenvalue weighted by Gasteiger charge is 2.27. The highest BCUT2D eigenvalue weighted by molar-refractivity contribution is 5.92. The number of nitrogens with one attached hydrogen (secondary N) is 1. The topological polar surface area (TPSA) is 125 Å². The molecule has 0 atom stereocenters. The van der Waals surface area contributed by atoms with Gasteiger partial charge in [-0.25, -0.2) is 9.48 Å². The third-order valence-electron chi connectivity index (χ3n) is 5.44. The number of hydrogen-bond donors (Lipinski definition) is 1. The summed E-state index contributed by atoms with van der Waals surface area (Å²) in [5.74, 6) is 0.741. The molecule has 0 unspecified atom stereocenters. The van der Waals surface area contributed by atoms with Crippen LogP contribution in [-0.2, 0) is 22.6 Å². The smallest absolute Gasteiger partial charge is 0.345 e. The largest absolute Gasteiger partial charge is 0.383 e. The van der Waals surface area contributed by atoms with E-state index < -0.39 is 4.92 Å². The second-order valence-electron chi connectivity index (χ2n) is 7.51. The molecule has 11 nitrogen and oxygen atoms in total. The first-order valence-electron chi connectivity index (χ1n) is 10.4. The van der Waals surface area contributed by atoms with Crippen LogP contribution in [-0.4, -0.2) is 63.4 Å². The number of rotatable bonds is 9. The molecule has 0 aliphatic carbocycles. The Kier molecular flexibility index (Phi) is 7.53. The minimum absolute atomic E-state index is 0.0643. The van der Waals surface area contributed by atoms with Gasteiger partial charge in [0.15, 0.2) is 0 Å². The molecule has 0 radical (unpaired) electrons. The number of nitro groups is 1. The first kappa shape index (κ1) is 22.6. The van der Waals surface area contributed by atoms with Crippen LogP contribution < -0.4 is 11.0 Å². The third-order valence-corrected chi connectivity index (χ3v) is 5.44. The Morgan fingerprint density at radius 1 is 1.35 bits per heavy atom. The van der Waals surface area contributed by atoms with Gasteiger partial charge in [0.05, 0.1) is 24.6 Å². The van der Waals surface area contributed by atoms with Crippen molar-refractivity contribution in [3.8, 4) is 0 Å².